The van der Waals surface area contributed by atoms with Gasteiger partial charge in [-0.1, -0.05) is 13.3 Å². The summed E-state index contributed by atoms with van der Waals surface area (Å²) in [6.45, 7) is 3.68. The number of hydrogen-bond donors (Lipinski definition) is 2. The summed E-state index contributed by atoms with van der Waals surface area (Å²) in [7, 11) is 0. The maximum absolute atomic E-state index is 12.9. The van der Waals surface area contributed by atoms with Gasteiger partial charge < -0.3 is 15.4 Å². The fraction of sp³-hybridized carbons (Fsp3) is 0.524. The average Bonchev–Trinajstić information content (AvgIpc) is 3.02. The molecule has 29 heavy (non-hydrogen) atoms. The number of nitrogens with zero attached hydrogens (tertiary/aromatic N) is 1. The van der Waals surface area contributed by atoms with E-state index < -0.39 is 12.0 Å². The molecule has 2 heterocycles. The van der Waals surface area contributed by atoms with Crippen molar-refractivity contribution in [3.8, 4) is 0 Å². The lowest BCUT2D eigenvalue weighted by atomic mass is 9.95. The number of ether oxygens (including phenoxy) is 1. The molecule has 1 aromatic carbocycles. The quantitative estimate of drug-likeness (QED) is 0.380. The molecule has 2 aliphatic rings. The van der Waals surface area contributed by atoms with Crippen molar-refractivity contribution in [1.29, 1.82) is 0 Å². The molecule has 0 radical (unpaired) electrons. The maximum Gasteiger partial charge on any atom is 0.338 e. The minimum atomic E-state index is -0.435. The molecule has 1 atom stereocenters. The number of carbonyl (C=O) groups excluding carboxylic acids is 4. The third-order valence-electron chi connectivity index (χ3n) is 5.76. The Morgan fingerprint density at radius 1 is 1.17 bits per heavy atom. The van der Waals surface area contributed by atoms with Crippen LogP contribution in [0.15, 0.2) is 24.3 Å². The van der Waals surface area contributed by atoms with Crippen LogP contribution in [0.3, 0.4) is 0 Å². The van der Waals surface area contributed by atoms with Crippen molar-refractivity contribution in [3.05, 3.63) is 29.8 Å². The van der Waals surface area contributed by atoms with Crippen LogP contribution in [0.5, 0.6) is 0 Å². The molecule has 0 aromatic heterocycles. The van der Waals surface area contributed by atoms with Gasteiger partial charge in [-0.05, 0) is 30.7 Å². The summed E-state index contributed by atoms with van der Waals surface area (Å²) >= 11 is 0. The highest BCUT2D eigenvalue weighted by Crippen LogP contribution is 2.23. The highest BCUT2D eigenvalue weighted by atomic mass is 16.5. The van der Waals surface area contributed by atoms with Gasteiger partial charge in [-0.3, -0.25) is 14.4 Å². The lowest BCUT2D eigenvalue weighted by Gasteiger charge is -2.30. The number of benzene rings is 1. The van der Waals surface area contributed by atoms with E-state index in [1.807, 2.05) is 6.92 Å². The molecule has 0 aliphatic carbocycles. The van der Waals surface area contributed by atoms with Gasteiger partial charge in [0.25, 0.3) is 5.91 Å². The van der Waals surface area contributed by atoms with Crippen molar-refractivity contribution in [1.82, 2.24) is 0 Å². The third-order valence-corrected chi connectivity index (χ3v) is 5.76. The molecule has 156 valence electrons. The van der Waals surface area contributed by atoms with Gasteiger partial charge in [0.15, 0.2) is 6.04 Å². The number of hydrogen-bond acceptors (Lipinski definition) is 5. The van der Waals surface area contributed by atoms with E-state index in [4.69, 9.17) is 10.5 Å². The number of esters is 1. The van der Waals surface area contributed by atoms with Crippen LogP contribution in [0.1, 0.15) is 49.4 Å². The first-order chi connectivity index (χ1) is 13.9. The molecule has 0 unspecified atom stereocenters. The summed E-state index contributed by atoms with van der Waals surface area (Å²) in [4.78, 5) is 51.0. The van der Waals surface area contributed by atoms with Gasteiger partial charge in [0.1, 0.15) is 0 Å². The number of amides is 3. The van der Waals surface area contributed by atoms with Crippen molar-refractivity contribution in [2.75, 3.05) is 24.6 Å². The number of nitrogens with two attached hydrogens (primary N) is 1. The predicted octanol–water partition coefficient (Wildman–Crippen LogP) is 0.0556. The summed E-state index contributed by atoms with van der Waals surface area (Å²) in [6, 6.07) is 5.91. The van der Waals surface area contributed by atoms with Gasteiger partial charge in [0.05, 0.1) is 37.4 Å². The highest BCUT2D eigenvalue weighted by Gasteiger charge is 2.46. The standard InChI is InChI=1S/C21H27N3O5/c1-2-3-12-29-21(28)15-4-6-16(7-5-15)24-18(25)13-17(20(24)27)23-10-8-14(9-11-23)19(22)26/h4-7,14,17H,2-3,8-13H2,1H3,(H2,22,26)/p+1/t17-/m0/s1. The average molecular weight is 402 g/mol. The summed E-state index contributed by atoms with van der Waals surface area (Å²) in [5.41, 5.74) is 6.22. The Morgan fingerprint density at radius 3 is 2.41 bits per heavy atom. The zero-order chi connectivity index (χ0) is 21.0. The fourth-order valence-electron chi connectivity index (χ4n) is 3.98. The zero-order valence-corrected chi connectivity index (χ0v) is 16.7. The first-order valence-corrected chi connectivity index (χ1v) is 10.2. The van der Waals surface area contributed by atoms with Crippen LogP contribution in [0, 0.1) is 5.92 Å². The Labute approximate surface area is 170 Å². The van der Waals surface area contributed by atoms with Gasteiger partial charge in [-0.15, -0.1) is 0 Å². The smallest absolute Gasteiger partial charge is 0.338 e. The zero-order valence-electron chi connectivity index (χ0n) is 16.7. The van der Waals surface area contributed by atoms with Crippen molar-refractivity contribution in [3.63, 3.8) is 0 Å². The summed E-state index contributed by atoms with van der Waals surface area (Å²) in [5, 5.41) is 0. The molecule has 3 N–H and O–H groups in total. The minimum absolute atomic E-state index is 0.147. The van der Waals surface area contributed by atoms with E-state index in [1.165, 1.54) is 4.90 Å². The summed E-state index contributed by atoms with van der Waals surface area (Å²) in [6.07, 6.45) is 3.17. The molecular weight excluding hydrogens is 374 g/mol. The van der Waals surface area contributed by atoms with Crippen LogP contribution in [-0.2, 0) is 19.1 Å². The number of piperidine rings is 1. The highest BCUT2D eigenvalue weighted by molar-refractivity contribution is 6.22. The topological polar surface area (TPSA) is 111 Å². The summed E-state index contributed by atoms with van der Waals surface area (Å²) < 4.78 is 5.18. The number of anilines is 1. The van der Waals surface area contributed by atoms with Crippen LogP contribution >= 0.6 is 0 Å². The lowest BCUT2D eigenvalue weighted by Crippen LogP contribution is -3.17. The van der Waals surface area contributed by atoms with Gasteiger partial charge in [0.2, 0.25) is 11.8 Å². The maximum atomic E-state index is 12.9. The van der Waals surface area contributed by atoms with E-state index >= 15 is 0 Å². The van der Waals surface area contributed by atoms with E-state index in [2.05, 4.69) is 0 Å². The minimum Gasteiger partial charge on any atom is -0.462 e. The van der Waals surface area contributed by atoms with Gasteiger partial charge in [0, 0.05) is 18.8 Å². The van der Waals surface area contributed by atoms with Crippen molar-refractivity contribution in [2.45, 2.75) is 45.1 Å². The molecule has 2 aliphatic heterocycles. The van der Waals surface area contributed by atoms with Crippen molar-refractivity contribution >= 4 is 29.4 Å². The van der Waals surface area contributed by atoms with Crippen molar-refractivity contribution < 1.29 is 28.8 Å². The second-order valence-electron chi connectivity index (χ2n) is 7.70. The Balaban J connectivity index is 1.64. The molecule has 2 saturated heterocycles. The Bertz CT molecular complexity index is 784. The van der Waals surface area contributed by atoms with Crippen molar-refractivity contribution in [2.24, 2.45) is 11.7 Å². The molecule has 8 heteroatoms. The second-order valence-corrected chi connectivity index (χ2v) is 7.70. The predicted molar refractivity (Wildman–Crippen MR) is 105 cm³/mol. The number of imide groups is 1. The number of rotatable bonds is 7. The van der Waals surface area contributed by atoms with Crippen LogP contribution in [-0.4, -0.2) is 49.4 Å². The molecule has 3 rings (SSSR count). The number of likely N-dealkylation sites (tertiary alicyclic amines) is 1. The van der Waals surface area contributed by atoms with Crippen LogP contribution < -0.4 is 15.5 Å². The van der Waals surface area contributed by atoms with Crippen LogP contribution in [0.4, 0.5) is 5.69 Å². The number of nitrogens with one attached hydrogen (secondary N) is 1. The molecule has 0 spiro atoms. The Hall–Kier alpha value is -2.74. The monoisotopic (exact) mass is 402 g/mol. The SMILES string of the molecule is CCCCOC(=O)c1ccc(N2C(=O)C[C@H]([NH+]3CCC(C(N)=O)CC3)C2=O)cc1. The molecule has 1 aromatic rings. The number of carbonyl (C=O) groups is 4. The third kappa shape index (κ3) is 4.64. The van der Waals surface area contributed by atoms with Gasteiger partial charge >= 0.3 is 5.97 Å². The van der Waals surface area contributed by atoms with Crippen LogP contribution in [0.2, 0.25) is 0 Å². The summed E-state index contributed by atoms with van der Waals surface area (Å²) in [5.74, 6) is -1.34. The first kappa shape index (κ1) is 21.0. The van der Waals surface area contributed by atoms with E-state index in [0.717, 1.165) is 17.7 Å². The molecule has 3 amide bonds. The number of unbranched alkanes of at least 4 members (excludes halogenated alkanes) is 1. The second kappa shape index (κ2) is 9.17. The molecule has 0 bridgehead atoms. The van der Waals surface area contributed by atoms with Gasteiger partial charge in [-0.25, -0.2) is 9.69 Å². The fourth-order valence-corrected chi connectivity index (χ4v) is 3.98. The van der Waals surface area contributed by atoms with Gasteiger partial charge in [-0.2, -0.15) is 0 Å². The normalized spacial score (nSPS) is 24.6. The molecular formula is C21H28N3O5+. The number of quaternary nitrogens is 1. The lowest BCUT2D eigenvalue weighted by molar-refractivity contribution is -0.920. The largest absolute Gasteiger partial charge is 0.462 e. The molecule has 8 nitrogen and oxygen atoms in total. The van der Waals surface area contributed by atoms with E-state index in [1.54, 1.807) is 24.3 Å². The Kier molecular flexibility index (Phi) is 6.64. The van der Waals surface area contributed by atoms with Crippen LogP contribution in [0.25, 0.3) is 0 Å². The molecule has 2 fully saturated rings. The number of primary amides is 1. The van der Waals surface area contributed by atoms with E-state index in [-0.39, 0.29) is 30.1 Å². The van der Waals surface area contributed by atoms with E-state index in [9.17, 15) is 19.2 Å². The van der Waals surface area contributed by atoms with E-state index in [0.29, 0.717) is 43.8 Å². The molecule has 0 saturated carbocycles. The first-order valence-electron chi connectivity index (χ1n) is 10.2. The Morgan fingerprint density at radius 2 is 1.83 bits per heavy atom.